The Morgan fingerprint density at radius 3 is 2.41 bits per heavy atom. The first-order valence-electron chi connectivity index (χ1n) is 7.77. The number of hydrogen-bond donors (Lipinski definition) is 2. The van der Waals surface area contributed by atoms with Crippen molar-refractivity contribution in [2.24, 2.45) is 0 Å². The molecule has 0 spiro atoms. The van der Waals surface area contributed by atoms with Crippen molar-refractivity contribution in [2.45, 2.75) is 13.5 Å². The second kappa shape index (κ2) is 9.30. The molecule has 2 rings (SSSR count). The molecule has 6 nitrogen and oxygen atoms in total. The number of hydrogen-bond acceptors (Lipinski definition) is 4. The molecule has 0 saturated carbocycles. The molecule has 0 aliphatic heterocycles. The van der Waals surface area contributed by atoms with Gasteiger partial charge in [0.05, 0.1) is 12.1 Å². The molecule has 2 N–H and O–H groups in total. The largest absolute Gasteiger partial charge is 0.493 e. The fourth-order valence-electron chi connectivity index (χ4n) is 2.21. The highest BCUT2D eigenvalue weighted by Gasteiger charge is 2.14. The van der Waals surface area contributed by atoms with Crippen LogP contribution in [0.5, 0.6) is 11.5 Å². The summed E-state index contributed by atoms with van der Waals surface area (Å²) in [4.78, 5) is 22.4. The third-order valence-electron chi connectivity index (χ3n) is 3.40. The molecule has 0 bridgehead atoms. The number of carbonyl (C=O) groups excluding carboxylic acids is 1. The van der Waals surface area contributed by atoms with Crippen LogP contribution in [-0.2, 0) is 16.2 Å². The highest BCUT2D eigenvalue weighted by atomic mass is 35.5. The minimum atomic E-state index is -1.27. The molecule has 0 heterocycles. The molecule has 0 fully saturated rings. The Balaban J connectivity index is 2.29. The number of rotatable bonds is 7. The van der Waals surface area contributed by atoms with Crippen LogP contribution in [0, 0.1) is 0 Å². The molecular weight excluding hydrogens is 393 g/mol. The van der Waals surface area contributed by atoms with E-state index in [1.54, 1.807) is 18.2 Å². The normalized spacial score (nSPS) is 11.0. The Morgan fingerprint density at radius 2 is 1.85 bits per heavy atom. The number of halogens is 2. The van der Waals surface area contributed by atoms with Gasteiger partial charge in [0.2, 0.25) is 5.91 Å². The van der Waals surface area contributed by atoms with Crippen molar-refractivity contribution in [2.75, 3.05) is 7.11 Å². The maximum Gasteiger partial charge on any atom is 0.352 e. The SMILES string of the molecule is COc1cc(C=C(NC(C)=O)C(=O)O)cc(Cl)c1OCc1ccc(Cl)cc1. The highest BCUT2D eigenvalue weighted by molar-refractivity contribution is 6.32. The first kappa shape index (κ1) is 20.6. The van der Waals surface area contributed by atoms with Crippen LogP contribution in [0.2, 0.25) is 10.0 Å². The van der Waals surface area contributed by atoms with Crippen LogP contribution in [-0.4, -0.2) is 24.1 Å². The van der Waals surface area contributed by atoms with E-state index < -0.39 is 11.9 Å². The van der Waals surface area contributed by atoms with Crippen molar-refractivity contribution in [3.05, 3.63) is 63.3 Å². The van der Waals surface area contributed by atoms with E-state index in [9.17, 15) is 14.7 Å². The summed E-state index contributed by atoms with van der Waals surface area (Å²) < 4.78 is 11.1. The van der Waals surface area contributed by atoms with Crippen LogP contribution in [0.4, 0.5) is 0 Å². The van der Waals surface area contributed by atoms with Crippen molar-refractivity contribution in [1.82, 2.24) is 5.32 Å². The summed E-state index contributed by atoms with van der Waals surface area (Å²) in [6.07, 6.45) is 1.28. The number of carboxylic acids is 1. The topological polar surface area (TPSA) is 84.9 Å². The number of carbonyl (C=O) groups is 2. The molecule has 0 aliphatic carbocycles. The zero-order valence-corrected chi connectivity index (χ0v) is 16.1. The van der Waals surface area contributed by atoms with Gasteiger partial charge in [0.1, 0.15) is 12.3 Å². The lowest BCUT2D eigenvalue weighted by Gasteiger charge is -2.14. The van der Waals surface area contributed by atoms with Crippen molar-refractivity contribution in [1.29, 1.82) is 0 Å². The van der Waals surface area contributed by atoms with Gasteiger partial charge >= 0.3 is 5.97 Å². The van der Waals surface area contributed by atoms with E-state index in [0.717, 1.165) is 5.56 Å². The van der Waals surface area contributed by atoms with Crippen LogP contribution in [0.15, 0.2) is 42.1 Å². The Morgan fingerprint density at radius 1 is 1.19 bits per heavy atom. The fourth-order valence-corrected chi connectivity index (χ4v) is 2.61. The summed E-state index contributed by atoms with van der Waals surface area (Å²) in [7, 11) is 1.44. The lowest BCUT2D eigenvalue weighted by Crippen LogP contribution is -2.24. The summed E-state index contributed by atoms with van der Waals surface area (Å²) in [5, 5.41) is 12.3. The summed E-state index contributed by atoms with van der Waals surface area (Å²) in [5.74, 6) is -1.12. The maximum atomic E-state index is 11.2. The molecule has 0 atom stereocenters. The number of benzene rings is 2. The Bertz CT molecular complexity index is 878. The highest BCUT2D eigenvalue weighted by Crippen LogP contribution is 2.37. The van der Waals surface area contributed by atoms with Gasteiger partial charge in [-0.1, -0.05) is 35.3 Å². The average molecular weight is 410 g/mol. The van der Waals surface area contributed by atoms with E-state index >= 15 is 0 Å². The molecule has 2 aromatic carbocycles. The van der Waals surface area contributed by atoms with Gasteiger partial charge in [0.25, 0.3) is 0 Å². The second-order valence-electron chi connectivity index (χ2n) is 5.49. The van der Waals surface area contributed by atoms with E-state index in [2.05, 4.69) is 5.32 Å². The van der Waals surface area contributed by atoms with Gasteiger partial charge in [0.15, 0.2) is 11.5 Å². The van der Waals surface area contributed by atoms with Crippen molar-refractivity contribution >= 4 is 41.2 Å². The van der Waals surface area contributed by atoms with Gasteiger partial charge in [-0.15, -0.1) is 0 Å². The van der Waals surface area contributed by atoms with Gasteiger partial charge in [0, 0.05) is 11.9 Å². The predicted octanol–water partition coefficient (Wildman–Crippen LogP) is 4.14. The molecule has 0 aromatic heterocycles. The summed E-state index contributed by atoms with van der Waals surface area (Å²) in [6.45, 7) is 1.47. The number of ether oxygens (including phenoxy) is 2. The first-order chi connectivity index (χ1) is 12.8. The third-order valence-corrected chi connectivity index (χ3v) is 3.93. The zero-order chi connectivity index (χ0) is 20.0. The minimum Gasteiger partial charge on any atom is -0.493 e. The summed E-state index contributed by atoms with van der Waals surface area (Å²) in [5.41, 5.74) is 1.04. The van der Waals surface area contributed by atoms with Crippen LogP contribution >= 0.6 is 23.2 Å². The zero-order valence-electron chi connectivity index (χ0n) is 14.6. The average Bonchev–Trinajstić information content (AvgIpc) is 2.60. The molecule has 0 saturated heterocycles. The molecule has 0 radical (unpaired) electrons. The standard InChI is InChI=1S/C19H17Cl2NO5/c1-11(23)22-16(19(24)25)8-13-7-15(21)18(17(9-13)26-2)27-10-12-3-5-14(20)6-4-12/h3-9H,10H2,1-2H3,(H,22,23)(H,24,25). The third kappa shape index (κ3) is 5.91. The monoisotopic (exact) mass is 409 g/mol. The summed E-state index contributed by atoms with van der Waals surface area (Å²) >= 11 is 12.1. The minimum absolute atomic E-state index is 0.238. The lowest BCUT2D eigenvalue weighted by atomic mass is 10.1. The van der Waals surface area contributed by atoms with Gasteiger partial charge in [-0.3, -0.25) is 4.79 Å². The van der Waals surface area contributed by atoms with Gasteiger partial charge in [-0.05, 0) is 41.5 Å². The number of aliphatic carboxylic acids is 1. The molecule has 0 aliphatic rings. The van der Waals surface area contributed by atoms with Crippen molar-refractivity contribution in [3.63, 3.8) is 0 Å². The molecule has 27 heavy (non-hydrogen) atoms. The quantitative estimate of drug-likeness (QED) is 0.671. The lowest BCUT2D eigenvalue weighted by molar-refractivity contribution is -0.134. The molecule has 2 aromatic rings. The second-order valence-corrected chi connectivity index (χ2v) is 6.34. The molecule has 142 valence electrons. The molecule has 0 unspecified atom stereocenters. The van der Waals surface area contributed by atoms with E-state index in [1.807, 2.05) is 12.1 Å². The van der Waals surface area contributed by atoms with Crippen LogP contribution < -0.4 is 14.8 Å². The predicted molar refractivity (Wildman–Crippen MR) is 103 cm³/mol. The first-order valence-corrected chi connectivity index (χ1v) is 8.53. The Hall–Kier alpha value is -2.70. The van der Waals surface area contributed by atoms with Crippen molar-refractivity contribution < 1.29 is 24.2 Å². The van der Waals surface area contributed by atoms with Gasteiger partial charge in [-0.2, -0.15) is 0 Å². The Kier molecular flexibility index (Phi) is 7.10. The molecule has 1 amide bonds. The number of nitrogens with one attached hydrogen (secondary N) is 1. The number of amides is 1. The Labute approximate surface area is 166 Å². The van der Waals surface area contributed by atoms with Gasteiger partial charge < -0.3 is 19.9 Å². The van der Waals surface area contributed by atoms with Crippen LogP contribution in [0.1, 0.15) is 18.1 Å². The smallest absolute Gasteiger partial charge is 0.352 e. The van der Waals surface area contributed by atoms with Crippen LogP contribution in [0.25, 0.3) is 6.08 Å². The van der Waals surface area contributed by atoms with E-state index in [-0.39, 0.29) is 17.3 Å². The number of methoxy groups -OCH3 is 1. The van der Waals surface area contributed by atoms with Gasteiger partial charge in [-0.25, -0.2) is 4.79 Å². The van der Waals surface area contributed by atoms with Crippen molar-refractivity contribution in [3.8, 4) is 11.5 Å². The molecular formula is C19H17Cl2NO5. The van der Waals surface area contributed by atoms with E-state index in [1.165, 1.54) is 26.2 Å². The van der Waals surface area contributed by atoms with E-state index in [4.69, 9.17) is 32.7 Å². The molecule has 8 heteroatoms. The van der Waals surface area contributed by atoms with E-state index in [0.29, 0.717) is 22.1 Å². The maximum absolute atomic E-state index is 11.2. The van der Waals surface area contributed by atoms with Crippen LogP contribution in [0.3, 0.4) is 0 Å². The summed E-state index contributed by atoms with van der Waals surface area (Å²) in [6, 6.07) is 10.2. The fraction of sp³-hybridized carbons (Fsp3) is 0.158. The number of carboxylic acid groups (broad SMARTS) is 1.